The van der Waals surface area contributed by atoms with E-state index in [1.54, 1.807) is 10.8 Å². The fourth-order valence-corrected chi connectivity index (χ4v) is 3.73. The van der Waals surface area contributed by atoms with Crippen LogP contribution in [0.25, 0.3) is 11.1 Å². The van der Waals surface area contributed by atoms with Gasteiger partial charge in [0.2, 0.25) is 0 Å². The molecule has 5 heteroatoms. The smallest absolute Gasteiger partial charge is 0.325 e. The fourth-order valence-electron chi connectivity index (χ4n) is 3.54. The van der Waals surface area contributed by atoms with Crippen LogP contribution in [0.3, 0.4) is 0 Å². The van der Waals surface area contributed by atoms with Crippen LogP contribution in [0.5, 0.6) is 0 Å². The van der Waals surface area contributed by atoms with E-state index in [0.29, 0.717) is 17.0 Å². The molecular formula is C17H18ClN3O. The quantitative estimate of drug-likeness (QED) is 0.925. The molecule has 1 aromatic carbocycles. The van der Waals surface area contributed by atoms with Gasteiger partial charge in [-0.05, 0) is 48.2 Å². The minimum atomic E-state index is -0.0490. The Morgan fingerprint density at radius 2 is 2.14 bits per heavy atom. The summed E-state index contributed by atoms with van der Waals surface area (Å²) < 4.78 is 1.62. The predicted molar refractivity (Wildman–Crippen MR) is 87.1 cm³/mol. The number of fused-ring (bicyclic) bond motifs is 2. The Morgan fingerprint density at radius 3 is 2.86 bits per heavy atom. The van der Waals surface area contributed by atoms with Crippen LogP contribution in [0, 0.1) is 5.92 Å². The van der Waals surface area contributed by atoms with Gasteiger partial charge in [-0.15, -0.1) is 0 Å². The summed E-state index contributed by atoms with van der Waals surface area (Å²) in [5.41, 5.74) is 2.01. The maximum Gasteiger partial charge on any atom is 0.325 e. The summed E-state index contributed by atoms with van der Waals surface area (Å²) in [5, 5.41) is 3.86. The SMILES string of the molecule is O=C(NC1CN2CC[C@H]1C2)n1ccc(-c2cccc(Cl)c2)c1. The molecule has 1 amide bonds. The van der Waals surface area contributed by atoms with Gasteiger partial charge in [0.15, 0.2) is 0 Å². The molecule has 0 saturated carbocycles. The molecule has 114 valence electrons. The number of rotatable bonds is 2. The molecule has 3 heterocycles. The van der Waals surface area contributed by atoms with Gasteiger partial charge in [0, 0.05) is 36.5 Å². The second kappa shape index (κ2) is 5.45. The van der Waals surface area contributed by atoms with Crippen molar-refractivity contribution in [3.8, 4) is 11.1 Å². The average Bonchev–Trinajstić information content (AvgIpc) is 3.23. The van der Waals surface area contributed by atoms with Crippen molar-refractivity contribution in [1.82, 2.24) is 14.8 Å². The summed E-state index contributed by atoms with van der Waals surface area (Å²) in [6.45, 7) is 3.29. The molecule has 2 unspecified atom stereocenters. The Morgan fingerprint density at radius 1 is 1.23 bits per heavy atom. The molecule has 0 spiro atoms. The number of nitrogens with one attached hydrogen (secondary N) is 1. The molecule has 2 saturated heterocycles. The van der Waals surface area contributed by atoms with Gasteiger partial charge in [-0.1, -0.05) is 23.7 Å². The number of hydrogen-bond donors (Lipinski definition) is 1. The van der Waals surface area contributed by atoms with Crippen LogP contribution in [0.2, 0.25) is 5.02 Å². The number of nitrogens with zero attached hydrogens (tertiary/aromatic N) is 2. The van der Waals surface area contributed by atoms with Crippen LogP contribution in [0.15, 0.2) is 42.7 Å². The summed E-state index contributed by atoms with van der Waals surface area (Å²) in [5.74, 6) is 0.618. The van der Waals surface area contributed by atoms with Crippen molar-refractivity contribution >= 4 is 17.6 Å². The molecule has 4 nitrogen and oxygen atoms in total. The summed E-state index contributed by atoms with van der Waals surface area (Å²) in [4.78, 5) is 14.8. The van der Waals surface area contributed by atoms with Crippen LogP contribution < -0.4 is 5.32 Å². The first-order chi connectivity index (χ1) is 10.7. The van der Waals surface area contributed by atoms with Crippen molar-refractivity contribution in [2.45, 2.75) is 12.5 Å². The van der Waals surface area contributed by atoms with E-state index in [-0.39, 0.29) is 6.03 Å². The molecule has 1 aromatic heterocycles. The van der Waals surface area contributed by atoms with Gasteiger partial charge in [-0.25, -0.2) is 4.79 Å². The molecule has 2 aromatic rings. The van der Waals surface area contributed by atoms with Gasteiger partial charge in [0.25, 0.3) is 0 Å². The topological polar surface area (TPSA) is 37.3 Å². The number of hydrogen-bond acceptors (Lipinski definition) is 2. The van der Waals surface area contributed by atoms with E-state index in [1.165, 1.54) is 13.0 Å². The average molecular weight is 316 g/mol. The lowest BCUT2D eigenvalue weighted by Gasteiger charge is -2.23. The second-order valence-corrected chi connectivity index (χ2v) is 6.62. The monoisotopic (exact) mass is 315 g/mol. The van der Waals surface area contributed by atoms with Gasteiger partial charge in [-0.3, -0.25) is 4.57 Å². The minimum absolute atomic E-state index is 0.0490. The lowest BCUT2D eigenvalue weighted by molar-refractivity contribution is 0.231. The Bertz CT molecular complexity index is 711. The molecular weight excluding hydrogens is 298 g/mol. The van der Waals surface area contributed by atoms with E-state index in [4.69, 9.17) is 11.6 Å². The Balaban J connectivity index is 1.48. The van der Waals surface area contributed by atoms with E-state index in [9.17, 15) is 4.79 Å². The van der Waals surface area contributed by atoms with E-state index in [2.05, 4.69) is 10.2 Å². The zero-order chi connectivity index (χ0) is 15.1. The molecule has 0 radical (unpaired) electrons. The second-order valence-electron chi connectivity index (χ2n) is 6.18. The molecule has 2 aliphatic rings. The van der Waals surface area contributed by atoms with E-state index < -0.39 is 0 Å². The lowest BCUT2D eigenvalue weighted by atomic mass is 10.0. The number of piperidine rings is 1. The highest BCUT2D eigenvalue weighted by molar-refractivity contribution is 6.30. The van der Waals surface area contributed by atoms with Crippen LogP contribution in [0.4, 0.5) is 4.79 Å². The highest BCUT2D eigenvalue weighted by Crippen LogP contribution is 2.28. The van der Waals surface area contributed by atoms with Crippen molar-refractivity contribution in [2.75, 3.05) is 19.6 Å². The van der Waals surface area contributed by atoms with E-state index in [0.717, 1.165) is 24.2 Å². The molecule has 0 aliphatic carbocycles. The van der Waals surface area contributed by atoms with Crippen LogP contribution in [-0.4, -0.2) is 41.2 Å². The minimum Gasteiger partial charge on any atom is -0.333 e. The van der Waals surface area contributed by atoms with Gasteiger partial charge in [0.1, 0.15) is 0 Å². The Labute approximate surface area is 134 Å². The van der Waals surface area contributed by atoms with Crippen LogP contribution in [0.1, 0.15) is 6.42 Å². The molecule has 1 N–H and O–H groups in total. The van der Waals surface area contributed by atoms with Crippen molar-refractivity contribution in [1.29, 1.82) is 0 Å². The molecule has 2 aliphatic heterocycles. The molecule has 22 heavy (non-hydrogen) atoms. The van der Waals surface area contributed by atoms with Crippen molar-refractivity contribution in [3.63, 3.8) is 0 Å². The standard InChI is InChI=1S/C17H18ClN3O/c18-15-3-1-2-12(8-15)13-5-7-21(10-13)17(22)19-16-11-20-6-4-14(16)9-20/h1-3,5,7-8,10,14,16H,4,6,9,11H2,(H,19,22)/t14-,16?/m0/s1. The molecule has 4 rings (SSSR count). The third-order valence-electron chi connectivity index (χ3n) is 4.73. The number of benzene rings is 1. The predicted octanol–water partition coefficient (Wildman–Crippen LogP) is 3.07. The maximum absolute atomic E-state index is 12.4. The largest absolute Gasteiger partial charge is 0.333 e. The van der Waals surface area contributed by atoms with E-state index in [1.807, 2.05) is 36.5 Å². The zero-order valence-corrected chi connectivity index (χ0v) is 13.0. The zero-order valence-electron chi connectivity index (χ0n) is 12.2. The lowest BCUT2D eigenvalue weighted by Crippen LogP contribution is -2.44. The molecule has 3 atom stereocenters. The number of aromatic nitrogens is 1. The third kappa shape index (κ3) is 2.53. The van der Waals surface area contributed by atoms with Gasteiger partial charge < -0.3 is 10.2 Å². The van der Waals surface area contributed by atoms with Gasteiger partial charge in [0.05, 0.1) is 0 Å². The number of carbonyl (C=O) groups is 1. The number of halogens is 1. The fraction of sp³-hybridized carbons (Fsp3) is 0.353. The first kappa shape index (κ1) is 13.9. The first-order valence-corrected chi connectivity index (χ1v) is 8.04. The van der Waals surface area contributed by atoms with Crippen molar-refractivity contribution in [2.24, 2.45) is 5.92 Å². The molecule has 2 fully saturated rings. The summed E-state index contributed by atoms with van der Waals surface area (Å²) in [7, 11) is 0. The summed E-state index contributed by atoms with van der Waals surface area (Å²) in [6.07, 6.45) is 4.86. The van der Waals surface area contributed by atoms with Gasteiger partial charge in [-0.2, -0.15) is 0 Å². The number of carbonyl (C=O) groups excluding carboxylic acids is 1. The van der Waals surface area contributed by atoms with Gasteiger partial charge >= 0.3 is 6.03 Å². The third-order valence-corrected chi connectivity index (χ3v) is 4.96. The van der Waals surface area contributed by atoms with Crippen LogP contribution in [-0.2, 0) is 0 Å². The summed E-state index contributed by atoms with van der Waals surface area (Å²) >= 11 is 6.02. The van der Waals surface area contributed by atoms with Crippen LogP contribution >= 0.6 is 11.6 Å². The Hall–Kier alpha value is -1.78. The van der Waals surface area contributed by atoms with Crippen molar-refractivity contribution < 1.29 is 4.79 Å². The van der Waals surface area contributed by atoms with Crippen molar-refractivity contribution in [3.05, 3.63) is 47.7 Å². The molecule has 2 bridgehead atoms. The van der Waals surface area contributed by atoms with E-state index >= 15 is 0 Å². The maximum atomic E-state index is 12.4. The highest BCUT2D eigenvalue weighted by atomic mass is 35.5. The Kier molecular flexibility index (Phi) is 3.43. The number of amides is 1. The first-order valence-electron chi connectivity index (χ1n) is 7.66. The highest BCUT2D eigenvalue weighted by Gasteiger charge is 2.38. The normalized spacial score (nSPS) is 26.3. The summed E-state index contributed by atoms with van der Waals surface area (Å²) in [6, 6.07) is 9.84.